The van der Waals surface area contributed by atoms with E-state index in [1.54, 1.807) is 0 Å². The number of aliphatic hydroxyl groups excluding tert-OH is 1. The van der Waals surface area contributed by atoms with Crippen LogP contribution in [0.3, 0.4) is 0 Å². The van der Waals surface area contributed by atoms with Gasteiger partial charge < -0.3 is 15.2 Å². The summed E-state index contributed by atoms with van der Waals surface area (Å²) >= 11 is 0. The molecule has 0 bridgehead atoms. The van der Waals surface area contributed by atoms with Crippen LogP contribution in [-0.2, 0) is 4.74 Å². The molecule has 2 N–H and O–H groups in total. The Morgan fingerprint density at radius 3 is 2.75 bits per heavy atom. The summed E-state index contributed by atoms with van der Waals surface area (Å²) in [5.41, 5.74) is 0. The van der Waals surface area contributed by atoms with Crippen LogP contribution in [-0.4, -0.2) is 37.0 Å². The smallest absolute Gasteiger partial charge is 0.0699 e. The van der Waals surface area contributed by atoms with Crippen molar-refractivity contribution in [1.82, 2.24) is 5.32 Å². The predicted molar refractivity (Wildman–Crippen MR) is 64.4 cm³/mol. The normalized spacial score (nSPS) is 36.2. The minimum atomic E-state index is -0.0496. The molecule has 2 rings (SSSR count). The van der Waals surface area contributed by atoms with Crippen molar-refractivity contribution in [2.45, 2.75) is 57.2 Å². The maximum Gasteiger partial charge on any atom is 0.0699 e. The molecular formula is C13H25NO2. The summed E-state index contributed by atoms with van der Waals surface area (Å²) in [6.45, 7) is 2.98. The SMILES string of the molecule is OC1CCCC(CNCC2CCCCO2)C1. The van der Waals surface area contributed by atoms with E-state index in [1.807, 2.05) is 0 Å². The first kappa shape index (κ1) is 12.3. The molecule has 94 valence electrons. The zero-order chi connectivity index (χ0) is 11.2. The van der Waals surface area contributed by atoms with Crippen molar-refractivity contribution >= 4 is 0 Å². The average Bonchev–Trinajstić information content (AvgIpc) is 2.30. The number of hydrogen-bond donors (Lipinski definition) is 2. The van der Waals surface area contributed by atoms with Gasteiger partial charge in [0, 0.05) is 13.2 Å². The van der Waals surface area contributed by atoms with Crippen LogP contribution in [0.15, 0.2) is 0 Å². The first-order chi connectivity index (χ1) is 7.84. The lowest BCUT2D eigenvalue weighted by atomic mass is 9.87. The van der Waals surface area contributed by atoms with Crippen molar-refractivity contribution in [3.63, 3.8) is 0 Å². The quantitative estimate of drug-likeness (QED) is 0.768. The molecule has 0 aromatic rings. The Bertz CT molecular complexity index is 192. The molecule has 1 heterocycles. The highest BCUT2D eigenvalue weighted by Crippen LogP contribution is 2.23. The maximum atomic E-state index is 9.58. The molecule has 0 radical (unpaired) electrons. The number of rotatable bonds is 4. The summed E-state index contributed by atoms with van der Waals surface area (Å²) in [7, 11) is 0. The van der Waals surface area contributed by atoms with Crippen LogP contribution in [0.4, 0.5) is 0 Å². The Hall–Kier alpha value is -0.120. The van der Waals surface area contributed by atoms with E-state index in [-0.39, 0.29) is 6.10 Å². The Labute approximate surface area is 98.6 Å². The lowest BCUT2D eigenvalue weighted by molar-refractivity contribution is 0.0156. The van der Waals surface area contributed by atoms with Crippen LogP contribution in [0.1, 0.15) is 44.9 Å². The van der Waals surface area contributed by atoms with Crippen molar-refractivity contribution in [3.05, 3.63) is 0 Å². The lowest BCUT2D eigenvalue weighted by Gasteiger charge is -2.28. The van der Waals surface area contributed by atoms with Crippen molar-refractivity contribution in [1.29, 1.82) is 0 Å². The lowest BCUT2D eigenvalue weighted by Crippen LogP contribution is -2.36. The minimum Gasteiger partial charge on any atom is -0.393 e. The molecular weight excluding hydrogens is 202 g/mol. The van der Waals surface area contributed by atoms with E-state index in [1.165, 1.54) is 32.1 Å². The number of ether oxygens (including phenoxy) is 1. The van der Waals surface area contributed by atoms with Gasteiger partial charge in [-0.2, -0.15) is 0 Å². The maximum absolute atomic E-state index is 9.58. The molecule has 3 nitrogen and oxygen atoms in total. The fourth-order valence-electron chi connectivity index (χ4n) is 2.86. The fraction of sp³-hybridized carbons (Fsp3) is 1.00. The molecule has 2 fully saturated rings. The third-order valence-electron chi connectivity index (χ3n) is 3.83. The number of aliphatic hydroxyl groups is 1. The molecule has 16 heavy (non-hydrogen) atoms. The van der Waals surface area contributed by atoms with E-state index in [2.05, 4.69) is 5.32 Å². The van der Waals surface area contributed by atoms with Gasteiger partial charge in [0.25, 0.3) is 0 Å². The Morgan fingerprint density at radius 2 is 2.00 bits per heavy atom. The van der Waals surface area contributed by atoms with Gasteiger partial charge in [0.1, 0.15) is 0 Å². The molecule has 0 amide bonds. The Kier molecular flexibility index (Phi) is 5.07. The zero-order valence-corrected chi connectivity index (χ0v) is 10.2. The zero-order valence-electron chi connectivity index (χ0n) is 10.2. The van der Waals surface area contributed by atoms with Crippen molar-refractivity contribution in [2.75, 3.05) is 19.7 Å². The van der Waals surface area contributed by atoms with Crippen molar-refractivity contribution in [2.24, 2.45) is 5.92 Å². The van der Waals surface area contributed by atoms with Crippen LogP contribution in [0, 0.1) is 5.92 Å². The molecule has 0 aromatic carbocycles. The highest BCUT2D eigenvalue weighted by molar-refractivity contribution is 4.75. The monoisotopic (exact) mass is 227 g/mol. The summed E-state index contributed by atoms with van der Waals surface area (Å²) in [6.07, 6.45) is 8.58. The summed E-state index contributed by atoms with van der Waals surface area (Å²) in [5, 5.41) is 13.1. The van der Waals surface area contributed by atoms with Gasteiger partial charge in [0.15, 0.2) is 0 Å². The molecule has 1 saturated carbocycles. The second-order valence-electron chi connectivity index (χ2n) is 5.33. The molecule has 0 aromatic heterocycles. The van der Waals surface area contributed by atoms with E-state index in [0.717, 1.165) is 32.5 Å². The summed E-state index contributed by atoms with van der Waals surface area (Å²) in [6, 6.07) is 0. The molecule has 1 saturated heterocycles. The summed E-state index contributed by atoms with van der Waals surface area (Å²) in [4.78, 5) is 0. The molecule has 1 aliphatic heterocycles. The molecule has 1 aliphatic carbocycles. The van der Waals surface area contributed by atoms with Gasteiger partial charge in [-0.05, 0) is 51.0 Å². The van der Waals surface area contributed by atoms with Crippen molar-refractivity contribution < 1.29 is 9.84 Å². The average molecular weight is 227 g/mol. The van der Waals surface area contributed by atoms with E-state index in [9.17, 15) is 5.11 Å². The van der Waals surface area contributed by atoms with Crippen molar-refractivity contribution in [3.8, 4) is 0 Å². The van der Waals surface area contributed by atoms with Gasteiger partial charge in [-0.1, -0.05) is 6.42 Å². The first-order valence-electron chi connectivity index (χ1n) is 6.85. The van der Waals surface area contributed by atoms with Crippen LogP contribution in [0.2, 0.25) is 0 Å². The van der Waals surface area contributed by atoms with E-state index in [0.29, 0.717) is 12.0 Å². The number of hydrogen-bond acceptors (Lipinski definition) is 3. The standard InChI is InChI=1S/C13H25NO2/c15-12-5-3-4-11(8-12)9-14-10-13-6-1-2-7-16-13/h11-15H,1-10H2. The number of nitrogens with one attached hydrogen (secondary N) is 1. The van der Waals surface area contributed by atoms with E-state index in [4.69, 9.17) is 4.74 Å². The molecule has 3 atom stereocenters. The second-order valence-corrected chi connectivity index (χ2v) is 5.33. The van der Waals surface area contributed by atoms with Crippen LogP contribution >= 0.6 is 0 Å². The van der Waals surface area contributed by atoms with Gasteiger partial charge in [0.05, 0.1) is 12.2 Å². The Balaban J connectivity index is 1.56. The van der Waals surface area contributed by atoms with Gasteiger partial charge in [-0.3, -0.25) is 0 Å². The Morgan fingerprint density at radius 1 is 1.06 bits per heavy atom. The van der Waals surface area contributed by atoms with Crippen LogP contribution in [0.5, 0.6) is 0 Å². The molecule has 0 spiro atoms. The molecule has 3 heteroatoms. The first-order valence-corrected chi connectivity index (χ1v) is 6.85. The van der Waals surface area contributed by atoms with Crippen LogP contribution < -0.4 is 5.32 Å². The highest BCUT2D eigenvalue weighted by Gasteiger charge is 2.20. The van der Waals surface area contributed by atoms with Gasteiger partial charge in [-0.15, -0.1) is 0 Å². The predicted octanol–water partition coefficient (Wildman–Crippen LogP) is 1.70. The van der Waals surface area contributed by atoms with Crippen LogP contribution in [0.25, 0.3) is 0 Å². The third-order valence-corrected chi connectivity index (χ3v) is 3.83. The highest BCUT2D eigenvalue weighted by atomic mass is 16.5. The van der Waals surface area contributed by atoms with E-state index >= 15 is 0 Å². The second kappa shape index (κ2) is 6.58. The third kappa shape index (κ3) is 4.04. The van der Waals surface area contributed by atoms with Gasteiger partial charge >= 0.3 is 0 Å². The summed E-state index contributed by atoms with van der Waals surface area (Å²) in [5.74, 6) is 0.673. The fourth-order valence-corrected chi connectivity index (χ4v) is 2.86. The topological polar surface area (TPSA) is 41.5 Å². The van der Waals surface area contributed by atoms with Gasteiger partial charge in [-0.25, -0.2) is 0 Å². The van der Waals surface area contributed by atoms with Gasteiger partial charge in [0.2, 0.25) is 0 Å². The minimum absolute atomic E-state index is 0.0496. The molecule has 3 unspecified atom stereocenters. The largest absolute Gasteiger partial charge is 0.393 e. The summed E-state index contributed by atoms with van der Waals surface area (Å²) < 4.78 is 5.68. The van der Waals surface area contributed by atoms with E-state index < -0.39 is 0 Å². The molecule has 2 aliphatic rings.